The van der Waals surface area contributed by atoms with Crippen molar-refractivity contribution < 1.29 is 30.3 Å². The molecule has 0 N–H and O–H groups in total. The van der Waals surface area contributed by atoms with Gasteiger partial charge in [-0.15, -0.1) is 0 Å². The molecule has 5 nitrogen and oxygen atoms in total. The van der Waals surface area contributed by atoms with Crippen LogP contribution < -0.4 is 24.8 Å². The van der Waals surface area contributed by atoms with Gasteiger partial charge in [-0.05, 0) is 56.2 Å². The van der Waals surface area contributed by atoms with Gasteiger partial charge in [-0.2, -0.15) is 12.8 Å². The monoisotopic (exact) mass is 593 g/mol. The third kappa shape index (κ3) is 5.51. The molecule has 2 aromatic rings. The third-order valence-corrected chi connectivity index (χ3v) is 9.39. The smallest absolute Gasteiger partial charge is 0.455 e. The molecule has 0 amide bonds. The fourth-order valence-corrected chi connectivity index (χ4v) is 7.85. The Balaban J connectivity index is 0.000000465. The average Bonchev–Trinajstić information content (AvgIpc) is 2.93. The number of benzene rings is 2. The SMILES string of the molecule is CO[PH](=O)C1=c2cc3c4c(c2Oc2c1cc1c5c2CCCN5CCC1)CCC[N+]=4CCC3.[CH2-]CC.[CH2-]CC.[Ni+2]. The van der Waals surface area contributed by atoms with Crippen LogP contribution in [0.1, 0.15) is 80.2 Å². The molecule has 1 unspecified atom stereocenters. The molecule has 0 aromatic heterocycles. The van der Waals surface area contributed by atoms with Gasteiger partial charge in [0, 0.05) is 60.6 Å². The Kier molecular flexibility index (Phi) is 10.4. The van der Waals surface area contributed by atoms with Crippen molar-refractivity contribution in [2.45, 2.75) is 78.1 Å². The van der Waals surface area contributed by atoms with Crippen molar-refractivity contribution in [3.05, 3.63) is 64.4 Å². The summed E-state index contributed by atoms with van der Waals surface area (Å²) in [5.41, 5.74) is 7.87. The first-order valence-corrected chi connectivity index (χ1v) is 16.0. The van der Waals surface area contributed by atoms with E-state index in [0.717, 1.165) is 105 Å². The van der Waals surface area contributed by atoms with E-state index in [2.05, 4.69) is 35.5 Å². The molecule has 5 aliphatic heterocycles. The van der Waals surface area contributed by atoms with Crippen molar-refractivity contribution in [3.63, 3.8) is 0 Å². The molecule has 5 heterocycles. The summed E-state index contributed by atoms with van der Waals surface area (Å²) in [7, 11) is -0.804. The summed E-state index contributed by atoms with van der Waals surface area (Å²) in [5.74, 6) is 1.91. The molecule has 1 atom stereocenters. The summed E-state index contributed by atoms with van der Waals surface area (Å²) in [5, 5.41) is 3.31. The van der Waals surface area contributed by atoms with Crippen LogP contribution in [0.15, 0.2) is 12.1 Å². The van der Waals surface area contributed by atoms with Crippen molar-refractivity contribution in [2.75, 3.05) is 38.2 Å². The Morgan fingerprint density at radius 3 is 2.23 bits per heavy atom. The first kappa shape index (κ1) is 30.4. The molecule has 0 spiro atoms. The number of aryl methyl sites for hydroxylation is 2. The van der Waals surface area contributed by atoms with Gasteiger partial charge in [0.2, 0.25) is 13.4 Å². The Hall–Kier alpha value is -1.61. The maximum atomic E-state index is 13.4. The van der Waals surface area contributed by atoms with Crippen LogP contribution in [-0.2, 0) is 51.3 Å². The molecule has 0 bridgehead atoms. The molecule has 0 saturated heterocycles. The predicted molar refractivity (Wildman–Crippen MR) is 158 cm³/mol. The molecule has 7 heteroatoms. The predicted octanol–water partition coefficient (Wildman–Crippen LogP) is 5.61. The maximum absolute atomic E-state index is 13.4. The Labute approximate surface area is 245 Å². The Morgan fingerprint density at radius 1 is 0.923 bits per heavy atom. The van der Waals surface area contributed by atoms with Crippen molar-refractivity contribution in [2.24, 2.45) is 0 Å². The number of hydrogen-bond acceptors (Lipinski definition) is 4. The van der Waals surface area contributed by atoms with E-state index >= 15 is 0 Å². The molecule has 214 valence electrons. The van der Waals surface area contributed by atoms with Crippen molar-refractivity contribution >= 4 is 19.0 Å². The topological polar surface area (TPSA) is 41.8 Å². The molecule has 0 aliphatic carbocycles. The van der Waals surface area contributed by atoms with Crippen molar-refractivity contribution in [3.8, 4) is 11.5 Å². The van der Waals surface area contributed by atoms with Crippen LogP contribution in [0.2, 0.25) is 0 Å². The van der Waals surface area contributed by atoms with Crippen LogP contribution in [0.3, 0.4) is 0 Å². The van der Waals surface area contributed by atoms with Crippen LogP contribution in [0.4, 0.5) is 5.69 Å². The Bertz CT molecular complexity index is 1360. The van der Waals surface area contributed by atoms with Gasteiger partial charge in [0.15, 0.2) is 0 Å². The van der Waals surface area contributed by atoms with Gasteiger partial charge in [0.1, 0.15) is 24.6 Å². The summed E-state index contributed by atoms with van der Waals surface area (Å²) in [6.07, 6.45) is 10.9. The van der Waals surface area contributed by atoms with Crippen LogP contribution in [0, 0.1) is 13.8 Å². The van der Waals surface area contributed by atoms with Crippen LogP contribution >= 0.6 is 8.03 Å². The first-order chi connectivity index (χ1) is 18.6. The number of nitrogens with zero attached hydrogens (tertiary/aromatic N) is 2. The molecule has 5 aliphatic rings. The quantitative estimate of drug-likeness (QED) is 0.196. The molecular formula is C32H44N2NiO3P+. The van der Waals surface area contributed by atoms with Crippen LogP contribution in [-0.4, -0.2) is 33.3 Å². The van der Waals surface area contributed by atoms with Gasteiger partial charge >= 0.3 is 16.5 Å². The second-order valence-electron chi connectivity index (χ2n) is 10.8. The van der Waals surface area contributed by atoms with E-state index in [0.29, 0.717) is 0 Å². The number of hydrogen-bond donors (Lipinski definition) is 0. The van der Waals surface area contributed by atoms with Crippen LogP contribution in [0.5, 0.6) is 11.5 Å². The van der Waals surface area contributed by atoms with E-state index in [9.17, 15) is 4.57 Å². The second kappa shape index (κ2) is 13.4. The number of rotatable bonds is 2. The van der Waals surface area contributed by atoms with E-state index in [1.165, 1.54) is 46.1 Å². The average molecular weight is 594 g/mol. The summed E-state index contributed by atoms with van der Waals surface area (Å²) >= 11 is 0. The molecule has 7 rings (SSSR count). The molecule has 0 radical (unpaired) electrons. The van der Waals surface area contributed by atoms with E-state index in [-0.39, 0.29) is 16.5 Å². The van der Waals surface area contributed by atoms with Gasteiger partial charge in [-0.25, -0.2) is 4.58 Å². The maximum Gasteiger partial charge on any atom is 2.00 e. The summed E-state index contributed by atoms with van der Waals surface area (Å²) in [6, 6.07) is 4.56. The van der Waals surface area contributed by atoms with Gasteiger partial charge in [0.25, 0.3) is 0 Å². The first-order valence-electron chi connectivity index (χ1n) is 14.7. The van der Waals surface area contributed by atoms with E-state index in [4.69, 9.17) is 9.26 Å². The Morgan fingerprint density at radius 2 is 1.54 bits per heavy atom. The molecule has 2 aromatic carbocycles. The standard InChI is InChI=1S/C26H30N2O3P.2C3H7.Ni/c1-30-32(29)26-20-14-16-6-2-10-27-12-4-8-18(22(16)27)24(20)31-25-19-9-5-13-28-11-3-7-17(23(19)28)15-21(25)26;2*1-3-2;/h14-15,32H,2-13H2,1H3;2*1,3H2,2H3;/q+1;2*-1;+2. The molecule has 0 fully saturated rings. The third-order valence-electron chi connectivity index (χ3n) is 8.08. The largest absolute Gasteiger partial charge is 2.00 e. The van der Waals surface area contributed by atoms with Gasteiger partial charge < -0.3 is 28.0 Å². The molecule has 0 saturated carbocycles. The van der Waals surface area contributed by atoms with Gasteiger partial charge in [0.05, 0.1) is 10.9 Å². The minimum absolute atomic E-state index is 0. The van der Waals surface area contributed by atoms with Crippen molar-refractivity contribution in [1.82, 2.24) is 4.58 Å². The molecular weight excluding hydrogens is 550 g/mol. The number of anilines is 1. The minimum atomic E-state index is -2.39. The number of fused-ring (bicyclic) bond motifs is 4. The fraction of sp³-hybridized carbons (Fsp3) is 0.531. The second-order valence-corrected chi connectivity index (χ2v) is 12.3. The molecule has 39 heavy (non-hydrogen) atoms. The zero-order valence-electron chi connectivity index (χ0n) is 23.9. The zero-order valence-corrected chi connectivity index (χ0v) is 25.9. The van der Waals surface area contributed by atoms with E-state index in [1.807, 2.05) is 13.8 Å². The van der Waals surface area contributed by atoms with Gasteiger partial charge in [-0.3, -0.25) is 4.57 Å². The normalized spacial score (nSPS) is 18.3. The summed E-state index contributed by atoms with van der Waals surface area (Å²) < 4.78 is 28.4. The van der Waals surface area contributed by atoms with E-state index < -0.39 is 8.03 Å². The summed E-state index contributed by atoms with van der Waals surface area (Å²) in [6.45, 7) is 15.5. The minimum Gasteiger partial charge on any atom is -0.455 e. The fourth-order valence-electron chi connectivity index (χ4n) is 6.84. The number of ether oxygens (including phenoxy) is 1. The van der Waals surface area contributed by atoms with E-state index in [1.54, 1.807) is 7.11 Å². The van der Waals surface area contributed by atoms with Gasteiger partial charge in [-0.1, -0.05) is 13.8 Å². The summed E-state index contributed by atoms with van der Waals surface area (Å²) in [4.78, 5) is 2.55. The van der Waals surface area contributed by atoms with Crippen LogP contribution in [0.25, 0.3) is 5.31 Å². The van der Waals surface area contributed by atoms with Crippen molar-refractivity contribution in [1.29, 1.82) is 0 Å². The zero-order chi connectivity index (χ0) is 26.8.